The number of fused-ring (bicyclic) bond motifs is 1. The molecule has 1 N–H and O–H groups in total. The van der Waals surface area contributed by atoms with Gasteiger partial charge in [0.05, 0.1) is 5.25 Å². The lowest BCUT2D eigenvalue weighted by atomic mass is 9.85. The second-order valence-corrected chi connectivity index (χ2v) is 9.87. The molecule has 3 heterocycles. The normalized spacial score (nSPS) is 20.4. The zero-order chi connectivity index (χ0) is 22.8. The molecule has 172 valence electrons. The molecule has 2 aliphatic rings. The Bertz CT molecular complexity index is 1140. The van der Waals surface area contributed by atoms with Gasteiger partial charge in [-0.1, -0.05) is 31.5 Å². The molecule has 5 rings (SSSR count). The molecule has 0 bridgehead atoms. The standard InChI is InChI=1S/C24H27N5O3S/c1-15-6-3-4-8-19(15)29-22(17-7-5-11-25-13-17)27-28-24(29)33-16(2)23(30)26-18-9-10-20-21(12-18)32-14-31-20/h5,7,9-13,15-16,19H,3-4,6,8,14H2,1-2H3,(H,26,30)/t15-,16+,19+/m0/s1. The van der Waals surface area contributed by atoms with Crippen molar-refractivity contribution in [3.05, 3.63) is 42.7 Å². The van der Waals surface area contributed by atoms with Crippen molar-refractivity contribution in [2.24, 2.45) is 5.92 Å². The van der Waals surface area contributed by atoms with E-state index in [1.807, 2.05) is 31.3 Å². The Balaban J connectivity index is 1.38. The molecule has 0 unspecified atom stereocenters. The molecule has 1 aromatic carbocycles. The van der Waals surface area contributed by atoms with Crippen molar-refractivity contribution in [1.82, 2.24) is 19.7 Å². The number of hydrogen-bond donors (Lipinski definition) is 1. The van der Waals surface area contributed by atoms with Gasteiger partial charge in [0.15, 0.2) is 22.5 Å². The molecule has 2 aromatic heterocycles. The second kappa shape index (κ2) is 9.43. The first-order valence-electron chi connectivity index (χ1n) is 11.3. The molecule has 9 heteroatoms. The van der Waals surface area contributed by atoms with Gasteiger partial charge in [0.1, 0.15) is 0 Å². The minimum atomic E-state index is -0.362. The van der Waals surface area contributed by atoms with Gasteiger partial charge in [0, 0.05) is 35.8 Å². The van der Waals surface area contributed by atoms with Crippen molar-refractivity contribution in [2.45, 2.75) is 56.0 Å². The number of nitrogens with one attached hydrogen (secondary N) is 1. The third-order valence-electron chi connectivity index (χ3n) is 6.27. The van der Waals surface area contributed by atoms with Crippen LogP contribution in [-0.2, 0) is 4.79 Å². The van der Waals surface area contributed by atoms with Crippen LogP contribution in [0, 0.1) is 5.92 Å². The first-order valence-corrected chi connectivity index (χ1v) is 12.2. The first kappa shape index (κ1) is 21.8. The minimum absolute atomic E-state index is 0.104. The van der Waals surface area contributed by atoms with E-state index in [1.165, 1.54) is 31.0 Å². The second-order valence-electron chi connectivity index (χ2n) is 8.56. The van der Waals surface area contributed by atoms with Gasteiger partial charge in [-0.3, -0.25) is 14.3 Å². The van der Waals surface area contributed by atoms with E-state index < -0.39 is 0 Å². The summed E-state index contributed by atoms with van der Waals surface area (Å²) in [5.41, 5.74) is 1.61. The Morgan fingerprint density at radius 2 is 2.03 bits per heavy atom. The third kappa shape index (κ3) is 4.55. The Kier molecular flexibility index (Phi) is 6.22. The zero-order valence-electron chi connectivity index (χ0n) is 18.7. The molecule has 1 aliphatic heterocycles. The summed E-state index contributed by atoms with van der Waals surface area (Å²) in [5.74, 6) is 2.55. The minimum Gasteiger partial charge on any atom is -0.454 e. The van der Waals surface area contributed by atoms with Crippen molar-refractivity contribution in [3.63, 3.8) is 0 Å². The van der Waals surface area contributed by atoms with Crippen LogP contribution in [0.1, 0.15) is 45.6 Å². The number of carbonyl (C=O) groups excluding carboxylic acids is 1. The quantitative estimate of drug-likeness (QED) is 0.516. The topological polar surface area (TPSA) is 91.2 Å². The lowest BCUT2D eigenvalue weighted by molar-refractivity contribution is -0.115. The molecular formula is C24H27N5O3S. The predicted molar refractivity (Wildman–Crippen MR) is 126 cm³/mol. The summed E-state index contributed by atoms with van der Waals surface area (Å²) in [6.45, 7) is 4.38. The molecule has 33 heavy (non-hydrogen) atoms. The van der Waals surface area contributed by atoms with E-state index >= 15 is 0 Å². The molecular weight excluding hydrogens is 438 g/mol. The Hall–Kier alpha value is -3.07. The average Bonchev–Trinajstić information content (AvgIpc) is 3.46. The number of ether oxygens (including phenoxy) is 2. The molecule has 1 amide bonds. The summed E-state index contributed by atoms with van der Waals surface area (Å²) in [4.78, 5) is 17.2. The third-order valence-corrected chi connectivity index (χ3v) is 7.33. The van der Waals surface area contributed by atoms with E-state index in [0.29, 0.717) is 29.1 Å². The maximum atomic E-state index is 13.0. The maximum absolute atomic E-state index is 13.0. The van der Waals surface area contributed by atoms with Crippen LogP contribution < -0.4 is 14.8 Å². The smallest absolute Gasteiger partial charge is 0.237 e. The van der Waals surface area contributed by atoms with E-state index in [-0.39, 0.29) is 18.0 Å². The summed E-state index contributed by atoms with van der Waals surface area (Å²) in [5, 5.41) is 12.4. The number of hydrogen-bond acceptors (Lipinski definition) is 7. The average molecular weight is 466 g/mol. The highest BCUT2D eigenvalue weighted by atomic mass is 32.2. The first-order chi connectivity index (χ1) is 16.1. The fourth-order valence-electron chi connectivity index (χ4n) is 4.46. The maximum Gasteiger partial charge on any atom is 0.237 e. The molecule has 0 saturated heterocycles. The fourth-order valence-corrected chi connectivity index (χ4v) is 5.36. The number of amides is 1. The van der Waals surface area contributed by atoms with Gasteiger partial charge in [-0.2, -0.15) is 0 Å². The number of aromatic nitrogens is 4. The Morgan fingerprint density at radius 1 is 1.18 bits per heavy atom. The van der Waals surface area contributed by atoms with Crippen molar-refractivity contribution in [1.29, 1.82) is 0 Å². The highest BCUT2D eigenvalue weighted by Crippen LogP contribution is 2.40. The van der Waals surface area contributed by atoms with Gasteiger partial charge in [0.2, 0.25) is 12.7 Å². The van der Waals surface area contributed by atoms with Crippen molar-refractivity contribution < 1.29 is 14.3 Å². The van der Waals surface area contributed by atoms with E-state index in [1.54, 1.807) is 18.3 Å². The van der Waals surface area contributed by atoms with Crippen molar-refractivity contribution in [3.8, 4) is 22.9 Å². The lowest BCUT2D eigenvalue weighted by Gasteiger charge is -2.31. The predicted octanol–water partition coefficient (Wildman–Crippen LogP) is 4.94. The summed E-state index contributed by atoms with van der Waals surface area (Å²) in [6.07, 6.45) is 8.27. The SMILES string of the molecule is C[C@@H](Sc1nnc(-c2cccnc2)n1[C@@H]1CCCC[C@@H]1C)C(=O)Nc1ccc2c(c1)OCO2. The van der Waals surface area contributed by atoms with Crippen LogP contribution in [0.25, 0.3) is 11.4 Å². The number of benzene rings is 1. The van der Waals surface area contributed by atoms with Gasteiger partial charge >= 0.3 is 0 Å². The molecule has 0 radical (unpaired) electrons. The highest BCUT2D eigenvalue weighted by Gasteiger charge is 2.30. The molecule has 1 aliphatic carbocycles. The summed E-state index contributed by atoms with van der Waals surface area (Å²) in [7, 11) is 0. The summed E-state index contributed by atoms with van der Waals surface area (Å²) < 4.78 is 13.0. The molecule has 8 nitrogen and oxygen atoms in total. The summed E-state index contributed by atoms with van der Waals surface area (Å²) >= 11 is 1.44. The van der Waals surface area contributed by atoms with Gasteiger partial charge < -0.3 is 14.8 Å². The van der Waals surface area contributed by atoms with Crippen LogP contribution in [0.15, 0.2) is 47.9 Å². The highest BCUT2D eigenvalue weighted by molar-refractivity contribution is 8.00. The van der Waals surface area contributed by atoms with Crippen LogP contribution in [0.4, 0.5) is 5.69 Å². The monoisotopic (exact) mass is 465 g/mol. The van der Waals surface area contributed by atoms with E-state index in [9.17, 15) is 4.79 Å². The van der Waals surface area contributed by atoms with Gasteiger partial charge in [-0.25, -0.2) is 0 Å². The Morgan fingerprint density at radius 3 is 2.85 bits per heavy atom. The molecule has 0 spiro atoms. The van der Waals surface area contributed by atoms with Crippen LogP contribution in [0.2, 0.25) is 0 Å². The van der Waals surface area contributed by atoms with Gasteiger partial charge in [-0.05, 0) is 49.9 Å². The summed E-state index contributed by atoms with van der Waals surface area (Å²) in [6, 6.07) is 9.62. The largest absolute Gasteiger partial charge is 0.454 e. The number of rotatable bonds is 6. The number of pyridine rings is 1. The number of carbonyl (C=O) groups is 1. The van der Waals surface area contributed by atoms with Crippen LogP contribution in [-0.4, -0.2) is 37.7 Å². The van der Waals surface area contributed by atoms with Gasteiger partial charge in [0.25, 0.3) is 0 Å². The van der Waals surface area contributed by atoms with Crippen molar-refractivity contribution in [2.75, 3.05) is 12.1 Å². The van der Waals surface area contributed by atoms with Crippen LogP contribution in [0.5, 0.6) is 11.5 Å². The molecule has 3 atom stereocenters. The van der Waals surface area contributed by atoms with E-state index in [0.717, 1.165) is 23.0 Å². The van der Waals surface area contributed by atoms with Crippen LogP contribution >= 0.6 is 11.8 Å². The number of anilines is 1. The molecule has 1 fully saturated rings. The number of thioether (sulfide) groups is 1. The number of nitrogens with zero attached hydrogens (tertiary/aromatic N) is 4. The van der Waals surface area contributed by atoms with Crippen molar-refractivity contribution >= 4 is 23.4 Å². The van der Waals surface area contributed by atoms with E-state index in [2.05, 4.69) is 32.0 Å². The fraction of sp³-hybridized carbons (Fsp3) is 0.417. The van der Waals surface area contributed by atoms with Crippen LogP contribution in [0.3, 0.4) is 0 Å². The zero-order valence-corrected chi connectivity index (χ0v) is 19.5. The lowest BCUT2D eigenvalue weighted by Crippen LogP contribution is -2.25. The van der Waals surface area contributed by atoms with E-state index in [4.69, 9.17) is 9.47 Å². The Labute approximate surface area is 197 Å². The van der Waals surface area contributed by atoms with Gasteiger partial charge in [-0.15, -0.1) is 10.2 Å². The molecule has 3 aromatic rings. The molecule has 1 saturated carbocycles.